The number of hydrogen-bond acceptors (Lipinski definition) is 7. The van der Waals surface area contributed by atoms with E-state index >= 15 is 0 Å². The molecule has 0 radical (unpaired) electrons. The molecule has 5 aromatic rings. The van der Waals surface area contributed by atoms with Crippen LogP contribution in [0.25, 0.3) is 27.5 Å². The van der Waals surface area contributed by atoms with E-state index in [1.165, 1.54) is 23.5 Å². The van der Waals surface area contributed by atoms with Crippen LogP contribution in [0.15, 0.2) is 89.1 Å². The number of carbonyl (C=O) groups excluding carboxylic acids is 1. The molecule has 0 spiro atoms. The Hall–Kier alpha value is -4.12. The lowest BCUT2D eigenvalue weighted by atomic mass is 9.95. The lowest BCUT2D eigenvalue weighted by molar-refractivity contribution is 0.0520. The number of hydrogen-bond donors (Lipinski definition) is 1. The molecule has 0 bridgehead atoms. The minimum absolute atomic E-state index is 0.0735. The van der Waals surface area contributed by atoms with E-state index in [-0.39, 0.29) is 17.2 Å². The van der Waals surface area contributed by atoms with E-state index in [9.17, 15) is 13.2 Å². The molecule has 3 aromatic carbocycles. The Morgan fingerprint density at radius 3 is 2.39 bits per heavy atom. The maximum absolute atomic E-state index is 12.4. The van der Waals surface area contributed by atoms with Crippen molar-refractivity contribution in [2.45, 2.75) is 37.0 Å². The highest BCUT2D eigenvalue weighted by Gasteiger charge is 2.33. The van der Waals surface area contributed by atoms with Crippen molar-refractivity contribution < 1.29 is 17.9 Å². The number of carbonyl (C=O) groups is 1. The Kier molecular flexibility index (Phi) is 7.29. The van der Waals surface area contributed by atoms with Gasteiger partial charge in [0.15, 0.2) is 5.69 Å². The zero-order chi connectivity index (χ0) is 28.6. The predicted molar refractivity (Wildman–Crippen MR) is 159 cm³/mol. The van der Waals surface area contributed by atoms with E-state index in [0.29, 0.717) is 17.5 Å². The normalized spacial score (nSPS) is 13.3. The van der Waals surface area contributed by atoms with Crippen LogP contribution in [0.2, 0.25) is 0 Å². The maximum atomic E-state index is 12.4. The van der Waals surface area contributed by atoms with Gasteiger partial charge >= 0.3 is 5.97 Å². The van der Waals surface area contributed by atoms with Gasteiger partial charge in [0.05, 0.1) is 22.9 Å². The monoisotopic (exact) mass is 584 g/mol. The average Bonchev–Trinajstić information content (AvgIpc) is 3.57. The summed E-state index contributed by atoms with van der Waals surface area (Å²) in [5.41, 5.74) is 7.26. The summed E-state index contributed by atoms with van der Waals surface area (Å²) < 4.78 is 30.7. The molecule has 1 saturated carbocycles. The molecule has 8 nitrogen and oxygen atoms in total. The van der Waals surface area contributed by atoms with Crippen LogP contribution in [0, 0.1) is 0 Å². The molecule has 0 aliphatic heterocycles. The van der Waals surface area contributed by atoms with E-state index in [1.54, 1.807) is 24.4 Å². The number of nitrogens with two attached hydrogens (primary N) is 1. The van der Waals surface area contributed by atoms with Crippen LogP contribution in [0.3, 0.4) is 0 Å². The minimum atomic E-state index is -3.79. The zero-order valence-corrected chi connectivity index (χ0v) is 24.0. The van der Waals surface area contributed by atoms with Gasteiger partial charge in [0, 0.05) is 28.8 Å². The van der Waals surface area contributed by atoms with Gasteiger partial charge in [-0.25, -0.2) is 28.0 Å². The van der Waals surface area contributed by atoms with Crippen molar-refractivity contribution in [1.82, 2.24) is 14.8 Å². The summed E-state index contributed by atoms with van der Waals surface area (Å²) in [6.45, 7) is 2.03. The molecule has 10 heteroatoms. The fraction of sp³-hybridized carbons (Fsp3) is 0.194. The Bertz CT molecular complexity index is 1820. The van der Waals surface area contributed by atoms with Gasteiger partial charge < -0.3 is 4.74 Å². The molecule has 2 N–H and O–H groups in total. The van der Waals surface area contributed by atoms with Gasteiger partial charge in [-0.2, -0.15) is 5.10 Å². The van der Waals surface area contributed by atoms with Crippen molar-refractivity contribution in [3.05, 3.63) is 107 Å². The van der Waals surface area contributed by atoms with E-state index in [0.717, 1.165) is 52.0 Å². The third-order valence-corrected chi connectivity index (χ3v) is 8.76. The van der Waals surface area contributed by atoms with Gasteiger partial charge in [-0.05, 0) is 54.7 Å². The first-order valence-corrected chi connectivity index (χ1v) is 15.8. The summed E-state index contributed by atoms with van der Waals surface area (Å²) in [5.74, 6) is -0.136. The standard InChI is InChI=1S/C31H28N4O4S2/c1-2-39-30(36)27-19-40-31(33-27)35-29(24-10-6-9-23(18-24)21-7-4-3-5-8-21)26(28(34-35)22-13-14-22)17-20-11-15-25(16-12-20)41(32,37)38/h3-12,15-16,18-19,22H,2,13-14,17H2,1H3,(H2,32,37,38). The van der Waals surface area contributed by atoms with Gasteiger partial charge in [-0.3, -0.25) is 0 Å². The van der Waals surface area contributed by atoms with Crippen LogP contribution in [-0.2, 0) is 21.2 Å². The molecule has 6 rings (SSSR count). The summed E-state index contributed by atoms with van der Waals surface area (Å²) in [5, 5.41) is 12.7. The molecule has 41 heavy (non-hydrogen) atoms. The highest BCUT2D eigenvalue weighted by Crippen LogP contribution is 2.45. The molecule has 1 aliphatic carbocycles. The van der Waals surface area contributed by atoms with Gasteiger partial charge in [-0.1, -0.05) is 60.7 Å². The summed E-state index contributed by atoms with van der Waals surface area (Å²) in [6.07, 6.45) is 2.63. The van der Waals surface area contributed by atoms with E-state index in [4.69, 9.17) is 15.0 Å². The second-order valence-electron chi connectivity index (χ2n) is 9.95. The molecule has 0 atom stereocenters. The Labute approximate surface area is 242 Å². The fourth-order valence-electron chi connectivity index (χ4n) is 4.90. The van der Waals surface area contributed by atoms with Crippen molar-refractivity contribution in [1.29, 1.82) is 0 Å². The highest BCUT2D eigenvalue weighted by atomic mass is 32.2. The first-order valence-electron chi connectivity index (χ1n) is 13.3. The van der Waals surface area contributed by atoms with Crippen molar-refractivity contribution in [3.63, 3.8) is 0 Å². The molecular formula is C31H28N4O4S2. The maximum Gasteiger partial charge on any atom is 0.357 e. The third kappa shape index (κ3) is 5.72. The SMILES string of the molecule is CCOC(=O)c1csc(-n2nc(C3CC3)c(Cc3ccc(S(N)(=O)=O)cc3)c2-c2cccc(-c3ccccc3)c2)n1. The highest BCUT2D eigenvalue weighted by molar-refractivity contribution is 7.89. The van der Waals surface area contributed by atoms with Crippen molar-refractivity contribution in [2.24, 2.45) is 5.14 Å². The Balaban J connectivity index is 1.51. The number of benzene rings is 3. The van der Waals surface area contributed by atoms with Crippen molar-refractivity contribution >= 4 is 27.3 Å². The average molecular weight is 585 g/mol. The predicted octanol–water partition coefficient (Wildman–Crippen LogP) is 5.96. The molecule has 2 aromatic heterocycles. The van der Waals surface area contributed by atoms with Crippen LogP contribution in [0.4, 0.5) is 0 Å². The van der Waals surface area contributed by atoms with Crippen molar-refractivity contribution in [2.75, 3.05) is 6.61 Å². The summed E-state index contributed by atoms with van der Waals surface area (Å²) in [7, 11) is -3.79. The number of rotatable bonds is 9. The molecule has 208 valence electrons. The largest absolute Gasteiger partial charge is 0.461 e. The molecule has 1 aliphatic rings. The fourth-order valence-corrected chi connectivity index (χ4v) is 6.16. The van der Waals surface area contributed by atoms with E-state index < -0.39 is 16.0 Å². The molecule has 1 fully saturated rings. The molecule has 0 amide bonds. The smallest absolute Gasteiger partial charge is 0.357 e. The van der Waals surface area contributed by atoms with Crippen LogP contribution < -0.4 is 5.14 Å². The first-order chi connectivity index (χ1) is 19.8. The van der Waals surface area contributed by atoms with Gasteiger partial charge in [-0.15, -0.1) is 11.3 Å². The Morgan fingerprint density at radius 2 is 1.71 bits per heavy atom. The van der Waals surface area contributed by atoms with E-state index in [2.05, 4.69) is 35.3 Å². The summed E-state index contributed by atoms with van der Waals surface area (Å²) in [4.78, 5) is 17.1. The summed E-state index contributed by atoms with van der Waals surface area (Å²) >= 11 is 1.34. The molecule has 2 heterocycles. The van der Waals surface area contributed by atoms with Crippen LogP contribution in [-0.4, -0.2) is 35.8 Å². The number of sulfonamides is 1. The third-order valence-electron chi connectivity index (χ3n) is 7.01. The minimum Gasteiger partial charge on any atom is -0.461 e. The molecular weight excluding hydrogens is 556 g/mol. The van der Waals surface area contributed by atoms with Crippen LogP contribution in [0.1, 0.15) is 53.0 Å². The first kappa shape index (κ1) is 27.1. The quantitative estimate of drug-likeness (QED) is 0.214. The van der Waals surface area contributed by atoms with Crippen LogP contribution >= 0.6 is 11.3 Å². The number of aromatic nitrogens is 3. The zero-order valence-electron chi connectivity index (χ0n) is 22.4. The Morgan fingerprint density at radius 1 is 1.00 bits per heavy atom. The number of esters is 1. The number of thiazole rings is 1. The van der Waals surface area contributed by atoms with Gasteiger partial charge in [0.2, 0.25) is 15.2 Å². The molecule has 0 saturated heterocycles. The second-order valence-corrected chi connectivity index (χ2v) is 12.3. The number of primary sulfonamides is 1. The van der Waals surface area contributed by atoms with Gasteiger partial charge in [0.1, 0.15) is 0 Å². The van der Waals surface area contributed by atoms with Gasteiger partial charge in [0.25, 0.3) is 0 Å². The van der Waals surface area contributed by atoms with Crippen LogP contribution in [0.5, 0.6) is 0 Å². The van der Waals surface area contributed by atoms with Crippen molar-refractivity contribution in [3.8, 4) is 27.5 Å². The number of nitrogens with zero attached hydrogens (tertiary/aromatic N) is 3. The number of ether oxygens (including phenoxy) is 1. The summed E-state index contributed by atoms with van der Waals surface area (Å²) in [6, 6.07) is 25.1. The second kappa shape index (κ2) is 11.0. The lowest BCUT2D eigenvalue weighted by Gasteiger charge is -2.11. The van der Waals surface area contributed by atoms with E-state index in [1.807, 2.05) is 28.9 Å². The topological polar surface area (TPSA) is 117 Å². The molecule has 0 unspecified atom stereocenters. The lowest BCUT2D eigenvalue weighted by Crippen LogP contribution is -2.11.